The molecule has 6 atom stereocenters. The highest BCUT2D eigenvalue weighted by molar-refractivity contribution is 6.73. The van der Waals surface area contributed by atoms with Gasteiger partial charge in [0.1, 0.15) is 11.7 Å². The van der Waals surface area contributed by atoms with Crippen LogP contribution in [0.15, 0.2) is 60.7 Å². The number of rotatable bonds is 15. The Morgan fingerprint density at radius 3 is 2.15 bits per heavy atom. The second kappa shape index (κ2) is 14.8. The van der Waals surface area contributed by atoms with E-state index in [9.17, 15) is 4.79 Å². The topological polar surface area (TPSA) is 63.2 Å². The minimum atomic E-state index is -1.96. The van der Waals surface area contributed by atoms with E-state index in [4.69, 9.17) is 23.4 Å². The molecule has 0 N–H and O–H groups in total. The van der Waals surface area contributed by atoms with Gasteiger partial charge in [0.15, 0.2) is 14.6 Å². The third kappa shape index (κ3) is 7.90. The first-order chi connectivity index (χ1) is 19.4. The molecule has 2 fully saturated rings. The van der Waals surface area contributed by atoms with Crippen molar-refractivity contribution in [2.75, 3.05) is 6.61 Å². The first kappa shape index (κ1) is 31.1. The minimum Gasteiger partial charge on any atom is -0.410 e. The largest absolute Gasteiger partial charge is 0.410 e. The molecule has 0 aliphatic carbocycles. The van der Waals surface area contributed by atoms with E-state index in [2.05, 4.69) is 45.0 Å². The van der Waals surface area contributed by atoms with Gasteiger partial charge in [-0.2, -0.15) is 0 Å². The summed E-state index contributed by atoms with van der Waals surface area (Å²) in [6.45, 7) is 10.3. The zero-order valence-corrected chi connectivity index (χ0v) is 25.8. The summed E-state index contributed by atoms with van der Waals surface area (Å²) in [5, 5.41) is 0. The Balaban J connectivity index is 1.43. The molecular weight excluding hydrogens is 520 g/mol. The molecule has 2 aromatic rings. The number of hydrogen-bond donors (Lipinski definition) is 0. The van der Waals surface area contributed by atoms with Crippen molar-refractivity contribution in [1.29, 1.82) is 0 Å². The van der Waals surface area contributed by atoms with E-state index in [1.807, 2.05) is 43.3 Å². The van der Waals surface area contributed by atoms with Crippen LogP contribution in [0.3, 0.4) is 0 Å². The Hall–Kier alpha value is -1.87. The van der Waals surface area contributed by atoms with Crippen molar-refractivity contribution in [3.8, 4) is 0 Å². The highest BCUT2D eigenvalue weighted by atomic mass is 28.4. The van der Waals surface area contributed by atoms with Gasteiger partial charge in [0.05, 0.1) is 37.6 Å². The van der Waals surface area contributed by atoms with E-state index in [0.29, 0.717) is 26.2 Å². The highest BCUT2D eigenvalue weighted by Crippen LogP contribution is 2.41. The van der Waals surface area contributed by atoms with Gasteiger partial charge >= 0.3 is 0 Å². The summed E-state index contributed by atoms with van der Waals surface area (Å²) in [5.74, 6) is 0. The first-order valence-electron chi connectivity index (χ1n) is 15.2. The molecule has 0 aromatic heterocycles. The van der Waals surface area contributed by atoms with E-state index >= 15 is 0 Å². The molecular formula is C33H48O6Si. The van der Waals surface area contributed by atoms with E-state index in [-0.39, 0.29) is 30.5 Å². The van der Waals surface area contributed by atoms with Crippen LogP contribution >= 0.6 is 0 Å². The summed E-state index contributed by atoms with van der Waals surface area (Å²) in [7, 11) is -1.96. The van der Waals surface area contributed by atoms with Crippen LogP contribution in [0.1, 0.15) is 64.5 Å². The van der Waals surface area contributed by atoms with Crippen LogP contribution in [-0.4, -0.2) is 57.3 Å². The predicted molar refractivity (Wildman–Crippen MR) is 160 cm³/mol. The monoisotopic (exact) mass is 568 g/mol. The van der Waals surface area contributed by atoms with Crippen LogP contribution < -0.4 is 0 Å². The van der Waals surface area contributed by atoms with E-state index in [1.54, 1.807) is 0 Å². The molecule has 40 heavy (non-hydrogen) atoms. The summed E-state index contributed by atoms with van der Waals surface area (Å²) >= 11 is 0. The van der Waals surface area contributed by atoms with Crippen LogP contribution in [0.25, 0.3) is 0 Å². The van der Waals surface area contributed by atoms with Crippen molar-refractivity contribution in [1.82, 2.24) is 0 Å². The van der Waals surface area contributed by atoms with Gasteiger partial charge < -0.3 is 28.2 Å². The maximum atomic E-state index is 12.5. The molecule has 2 saturated heterocycles. The number of carbonyl (C=O) groups excluding carboxylic acids is 1. The molecule has 0 unspecified atom stereocenters. The molecule has 220 valence electrons. The SMILES string of the molecule is CC[Si](CC)(CC)O[C@H]1C[C@H]2O[C@H](CCCOCc3ccccc3)C[C@H](OCc3ccccc3)[C@@H]2O[C@]1(C)C=O. The Labute approximate surface area is 241 Å². The van der Waals surface area contributed by atoms with Crippen LogP contribution in [-0.2, 0) is 41.4 Å². The standard InChI is InChI=1S/C33H48O6Si/c1-5-40(6-2,7-3)39-31-22-30-32(38-33(31,4)25-34)29(36-24-27-17-12-9-13-18-27)21-28(37-30)19-14-20-35-23-26-15-10-8-11-16-26/h8-13,15-18,25,28-32H,5-7,14,19-24H2,1-4H3/t28-,29+,30-,31+,32+,33-/m1/s1. The molecule has 0 bridgehead atoms. The van der Waals surface area contributed by atoms with E-state index in [1.165, 1.54) is 5.56 Å². The Morgan fingerprint density at radius 2 is 1.55 bits per heavy atom. The number of carbonyl (C=O) groups is 1. The second-order valence-electron chi connectivity index (χ2n) is 11.5. The summed E-state index contributed by atoms with van der Waals surface area (Å²) < 4.78 is 32.6. The average Bonchev–Trinajstić information content (AvgIpc) is 3.00. The summed E-state index contributed by atoms with van der Waals surface area (Å²) in [6.07, 6.45) is 3.16. The number of aldehydes is 1. The van der Waals surface area contributed by atoms with Gasteiger partial charge in [-0.05, 0) is 49.0 Å². The van der Waals surface area contributed by atoms with Gasteiger partial charge in [-0.15, -0.1) is 0 Å². The molecule has 4 rings (SSSR count). The zero-order chi connectivity index (χ0) is 28.4. The number of fused-ring (bicyclic) bond motifs is 1. The van der Waals surface area contributed by atoms with Gasteiger partial charge in [0.25, 0.3) is 0 Å². The first-order valence-corrected chi connectivity index (χ1v) is 17.7. The maximum Gasteiger partial charge on any atom is 0.192 e. The van der Waals surface area contributed by atoms with Gasteiger partial charge in [-0.25, -0.2) is 0 Å². The van der Waals surface area contributed by atoms with Crippen molar-refractivity contribution < 1.29 is 28.2 Å². The van der Waals surface area contributed by atoms with Crippen LogP contribution in [0.5, 0.6) is 0 Å². The molecule has 2 aromatic carbocycles. The third-order valence-corrected chi connectivity index (χ3v) is 13.5. The fourth-order valence-electron chi connectivity index (χ4n) is 6.04. The van der Waals surface area contributed by atoms with Crippen molar-refractivity contribution in [3.05, 3.63) is 71.8 Å². The van der Waals surface area contributed by atoms with E-state index in [0.717, 1.165) is 49.2 Å². The zero-order valence-electron chi connectivity index (χ0n) is 24.8. The Morgan fingerprint density at radius 1 is 0.925 bits per heavy atom. The molecule has 2 aliphatic rings. The molecule has 0 saturated carbocycles. The van der Waals surface area contributed by atoms with Gasteiger partial charge in [-0.1, -0.05) is 81.4 Å². The lowest BCUT2D eigenvalue weighted by Crippen LogP contribution is -2.65. The minimum absolute atomic E-state index is 0.0395. The van der Waals surface area contributed by atoms with E-state index < -0.39 is 13.9 Å². The number of benzene rings is 2. The van der Waals surface area contributed by atoms with Crippen LogP contribution in [0, 0.1) is 0 Å². The fraction of sp³-hybridized carbons (Fsp3) is 0.606. The van der Waals surface area contributed by atoms with Crippen LogP contribution in [0.2, 0.25) is 18.1 Å². The summed E-state index contributed by atoms with van der Waals surface area (Å²) in [6, 6.07) is 23.5. The number of hydrogen-bond acceptors (Lipinski definition) is 6. The number of ether oxygens (including phenoxy) is 4. The molecule has 2 heterocycles. The molecule has 2 aliphatic heterocycles. The van der Waals surface area contributed by atoms with Crippen LogP contribution in [0.4, 0.5) is 0 Å². The molecule has 6 nitrogen and oxygen atoms in total. The summed E-state index contributed by atoms with van der Waals surface area (Å²) in [4.78, 5) is 12.5. The van der Waals surface area contributed by atoms with Crippen molar-refractivity contribution in [3.63, 3.8) is 0 Å². The average molecular weight is 569 g/mol. The maximum absolute atomic E-state index is 12.5. The lowest BCUT2D eigenvalue weighted by molar-refractivity contribution is -0.276. The van der Waals surface area contributed by atoms with Crippen molar-refractivity contribution >= 4 is 14.6 Å². The van der Waals surface area contributed by atoms with Crippen molar-refractivity contribution in [2.45, 2.75) is 121 Å². The summed E-state index contributed by atoms with van der Waals surface area (Å²) in [5.41, 5.74) is 1.29. The third-order valence-electron chi connectivity index (χ3n) is 8.86. The highest BCUT2D eigenvalue weighted by Gasteiger charge is 2.54. The lowest BCUT2D eigenvalue weighted by atomic mass is 9.84. The predicted octanol–water partition coefficient (Wildman–Crippen LogP) is 6.86. The normalized spacial score (nSPS) is 28.6. The second-order valence-corrected chi connectivity index (χ2v) is 16.2. The Kier molecular flexibility index (Phi) is 11.5. The molecule has 0 radical (unpaired) electrons. The molecule has 0 amide bonds. The van der Waals surface area contributed by atoms with Gasteiger partial charge in [0.2, 0.25) is 0 Å². The molecule has 7 heteroatoms. The lowest BCUT2D eigenvalue weighted by Gasteiger charge is -2.52. The van der Waals surface area contributed by atoms with Gasteiger partial charge in [-0.3, -0.25) is 0 Å². The fourth-order valence-corrected chi connectivity index (χ4v) is 8.98. The Bertz CT molecular complexity index is 1010. The van der Waals surface area contributed by atoms with Crippen molar-refractivity contribution in [2.24, 2.45) is 0 Å². The smallest absolute Gasteiger partial charge is 0.192 e. The molecule has 0 spiro atoms. The van der Waals surface area contributed by atoms with Gasteiger partial charge in [0, 0.05) is 19.4 Å². The quantitative estimate of drug-likeness (QED) is 0.133.